The molecule has 0 spiro atoms. The van der Waals surface area contributed by atoms with Gasteiger partial charge in [-0.05, 0) is 46.4 Å². The Morgan fingerprint density at radius 2 is 1.29 bits per heavy atom. The number of benzene rings is 2. The normalized spacial score (nSPS) is 12.5. The monoisotopic (exact) mass is 296 g/mol. The van der Waals surface area contributed by atoms with Gasteiger partial charge in [0, 0.05) is 0 Å². The van der Waals surface area contributed by atoms with Gasteiger partial charge in [0.25, 0.3) is 0 Å². The van der Waals surface area contributed by atoms with Crippen molar-refractivity contribution in [1.29, 1.82) is 0 Å². The van der Waals surface area contributed by atoms with Crippen LogP contribution in [0.4, 0.5) is 17.6 Å². The standard InChI is InChI=1S/C17H16F4/c1-16(2,3)14-8-12(9-15(18)10-14)11-4-6-13(7-5-11)17(19,20)21/h4-10H,1-3H3. The molecule has 2 rings (SSSR count). The zero-order valence-electron chi connectivity index (χ0n) is 12.1. The minimum atomic E-state index is -4.36. The van der Waals surface area contributed by atoms with Gasteiger partial charge in [-0.1, -0.05) is 39.0 Å². The van der Waals surface area contributed by atoms with E-state index in [2.05, 4.69) is 0 Å². The van der Waals surface area contributed by atoms with E-state index in [4.69, 9.17) is 0 Å². The maximum Gasteiger partial charge on any atom is 0.416 e. The fraction of sp³-hybridized carbons (Fsp3) is 0.294. The number of rotatable bonds is 1. The Bertz CT molecular complexity index is 631. The van der Waals surface area contributed by atoms with Crippen LogP contribution >= 0.6 is 0 Å². The predicted octanol–water partition coefficient (Wildman–Crippen LogP) is 5.81. The molecule has 0 radical (unpaired) electrons. The third kappa shape index (κ3) is 3.63. The van der Waals surface area contributed by atoms with Crippen molar-refractivity contribution in [2.75, 3.05) is 0 Å². The molecule has 0 aliphatic carbocycles. The first-order chi connectivity index (χ1) is 9.57. The first-order valence-electron chi connectivity index (χ1n) is 6.56. The molecule has 0 aliphatic heterocycles. The molecule has 4 heteroatoms. The molecule has 0 fully saturated rings. The SMILES string of the molecule is CC(C)(C)c1cc(F)cc(-c2ccc(C(F)(F)F)cc2)c1. The van der Waals surface area contributed by atoms with Crippen LogP contribution in [0.2, 0.25) is 0 Å². The summed E-state index contributed by atoms with van der Waals surface area (Å²) in [5.41, 5.74) is 1.00. The fourth-order valence-electron chi connectivity index (χ4n) is 2.04. The second kappa shape index (κ2) is 5.17. The van der Waals surface area contributed by atoms with Crippen LogP contribution in [0, 0.1) is 5.82 Å². The molecular weight excluding hydrogens is 280 g/mol. The Kier molecular flexibility index (Phi) is 3.83. The van der Waals surface area contributed by atoms with Gasteiger partial charge in [0.2, 0.25) is 0 Å². The number of hydrogen-bond acceptors (Lipinski definition) is 0. The highest BCUT2D eigenvalue weighted by atomic mass is 19.4. The van der Waals surface area contributed by atoms with Gasteiger partial charge in [-0.3, -0.25) is 0 Å². The maximum atomic E-state index is 13.7. The van der Waals surface area contributed by atoms with Crippen molar-refractivity contribution in [3.05, 3.63) is 59.4 Å². The molecule has 0 aromatic heterocycles. The molecule has 0 aliphatic rings. The zero-order valence-corrected chi connectivity index (χ0v) is 12.1. The molecule has 0 bridgehead atoms. The van der Waals surface area contributed by atoms with Gasteiger partial charge in [0.15, 0.2) is 0 Å². The molecule has 0 saturated carbocycles. The Balaban J connectivity index is 2.45. The van der Waals surface area contributed by atoms with E-state index in [0.29, 0.717) is 11.1 Å². The van der Waals surface area contributed by atoms with Crippen molar-refractivity contribution in [2.45, 2.75) is 32.4 Å². The summed E-state index contributed by atoms with van der Waals surface area (Å²) < 4.78 is 51.4. The van der Waals surface area contributed by atoms with E-state index in [0.717, 1.165) is 17.7 Å². The summed E-state index contributed by atoms with van der Waals surface area (Å²) in [5, 5.41) is 0. The minimum absolute atomic E-state index is 0.233. The van der Waals surface area contributed by atoms with E-state index >= 15 is 0 Å². The van der Waals surface area contributed by atoms with Crippen LogP contribution in [-0.4, -0.2) is 0 Å². The summed E-state index contributed by atoms with van der Waals surface area (Å²) in [5.74, 6) is -0.391. The first-order valence-corrected chi connectivity index (χ1v) is 6.56. The molecular formula is C17H16F4. The van der Waals surface area contributed by atoms with Gasteiger partial charge < -0.3 is 0 Å². The summed E-state index contributed by atoms with van der Waals surface area (Å²) in [7, 11) is 0. The summed E-state index contributed by atoms with van der Waals surface area (Å²) in [6.07, 6.45) is -4.36. The van der Waals surface area contributed by atoms with Crippen LogP contribution in [0.25, 0.3) is 11.1 Å². The van der Waals surface area contributed by atoms with Crippen LogP contribution in [0.1, 0.15) is 31.9 Å². The van der Waals surface area contributed by atoms with Crippen molar-refractivity contribution in [3.8, 4) is 11.1 Å². The topological polar surface area (TPSA) is 0 Å². The lowest BCUT2D eigenvalue weighted by Crippen LogP contribution is -2.11. The number of hydrogen-bond donors (Lipinski definition) is 0. The van der Waals surface area contributed by atoms with Crippen molar-refractivity contribution >= 4 is 0 Å². The minimum Gasteiger partial charge on any atom is -0.207 e. The number of alkyl halides is 3. The van der Waals surface area contributed by atoms with Crippen molar-refractivity contribution in [1.82, 2.24) is 0 Å². The van der Waals surface area contributed by atoms with E-state index in [9.17, 15) is 17.6 Å². The Hall–Kier alpha value is -1.84. The summed E-state index contributed by atoms with van der Waals surface area (Å²) in [6.45, 7) is 5.87. The second-order valence-electron chi connectivity index (χ2n) is 6.05. The predicted molar refractivity (Wildman–Crippen MR) is 75.5 cm³/mol. The third-order valence-corrected chi connectivity index (χ3v) is 3.31. The van der Waals surface area contributed by atoms with E-state index in [1.165, 1.54) is 24.3 Å². The smallest absolute Gasteiger partial charge is 0.207 e. The molecule has 0 amide bonds. The summed E-state index contributed by atoms with van der Waals surface area (Å²) in [4.78, 5) is 0. The van der Waals surface area contributed by atoms with Crippen LogP contribution in [0.15, 0.2) is 42.5 Å². The quantitative estimate of drug-likeness (QED) is 0.583. The fourth-order valence-corrected chi connectivity index (χ4v) is 2.04. The van der Waals surface area contributed by atoms with E-state index < -0.39 is 17.6 Å². The molecule has 112 valence electrons. The third-order valence-electron chi connectivity index (χ3n) is 3.31. The highest BCUT2D eigenvalue weighted by Crippen LogP contribution is 2.32. The van der Waals surface area contributed by atoms with Gasteiger partial charge >= 0.3 is 6.18 Å². The van der Waals surface area contributed by atoms with Crippen LogP contribution in [-0.2, 0) is 11.6 Å². The van der Waals surface area contributed by atoms with E-state index in [-0.39, 0.29) is 5.41 Å². The molecule has 0 N–H and O–H groups in total. The average Bonchev–Trinajstić information content (AvgIpc) is 2.36. The Morgan fingerprint density at radius 3 is 1.76 bits per heavy atom. The lowest BCUT2D eigenvalue weighted by Gasteiger charge is -2.20. The lowest BCUT2D eigenvalue weighted by molar-refractivity contribution is -0.137. The highest BCUT2D eigenvalue weighted by Gasteiger charge is 2.30. The summed E-state index contributed by atoms with van der Waals surface area (Å²) in [6, 6.07) is 9.35. The van der Waals surface area contributed by atoms with Gasteiger partial charge in [-0.15, -0.1) is 0 Å². The molecule has 21 heavy (non-hydrogen) atoms. The molecule has 0 unspecified atom stereocenters. The molecule has 0 nitrogen and oxygen atoms in total. The van der Waals surface area contributed by atoms with E-state index in [1.54, 1.807) is 0 Å². The van der Waals surface area contributed by atoms with Gasteiger partial charge in [0.1, 0.15) is 5.82 Å². The summed E-state index contributed by atoms with van der Waals surface area (Å²) >= 11 is 0. The Morgan fingerprint density at radius 1 is 0.714 bits per heavy atom. The molecule has 2 aromatic carbocycles. The highest BCUT2D eigenvalue weighted by molar-refractivity contribution is 5.65. The van der Waals surface area contributed by atoms with Gasteiger partial charge in [-0.2, -0.15) is 13.2 Å². The van der Waals surface area contributed by atoms with Crippen molar-refractivity contribution in [3.63, 3.8) is 0 Å². The van der Waals surface area contributed by atoms with Gasteiger partial charge in [-0.25, -0.2) is 4.39 Å². The maximum absolute atomic E-state index is 13.7. The van der Waals surface area contributed by atoms with Crippen LogP contribution in [0.3, 0.4) is 0 Å². The van der Waals surface area contributed by atoms with Crippen molar-refractivity contribution < 1.29 is 17.6 Å². The zero-order chi connectivity index (χ0) is 15.8. The lowest BCUT2D eigenvalue weighted by atomic mass is 9.85. The molecule has 0 atom stereocenters. The molecule has 0 heterocycles. The second-order valence-corrected chi connectivity index (χ2v) is 6.05. The Labute approximate surface area is 121 Å². The van der Waals surface area contributed by atoms with Crippen LogP contribution < -0.4 is 0 Å². The van der Waals surface area contributed by atoms with Crippen LogP contribution in [0.5, 0.6) is 0 Å². The largest absolute Gasteiger partial charge is 0.416 e. The van der Waals surface area contributed by atoms with Gasteiger partial charge in [0.05, 0.1) is 5.56 Å². The van der Waals surface area contributed by atoms with Crippen molar-refractivity contribution in [2.24, 2.45) is 0 Å². The average molecular weight is 296 g/mol. The molecule has 2 aromatic rings. The first kappa shape index (κ1) is 15.5. The van der Waals surface area contributed by atoms with E-state index in [1.807, 2.05) is 26.8 Å². The number of halogens is 4. The molecule has 0 saturated heterocycles.